The zero-order chi connectivity index (χ0) is 18.7. The van der Waals surface area contributed by atoms with Gasteiger partial charge in [-0.15, -0.1) is 0 Å². The van der Waals surface area contributed by atoms with Crippen LogP contribution < -0.4 is 4.31 Å². The Kier molecular flexibility index (Phi) is 4.99. The van der Waals surface area contributed by atoms with Crippen molar-refractivity contribution < 1.29 is 17.2 Å². The van der Waals surface area contributed by atoms with Crippen molar-refractivity contribution >= 4 is 15.7 Å². The first kappa shape index (κ1) is 18.0. The maximum absolute atomic E-state index is 13.7. The Morgan fingerprint density at radius 1 is 1.00 bits per heavy atom. The van der Waals surface area contributed by atoms with Crippen molar-refractivity contribution in [3.8, 4) is 0 Å². The summed E-state index contributed by atoms with van der Waals surface area (Å²) in [5.74, 6) is -1.07. The Hall–Kier alpha value is -2.80. The fourth-order valence-corrected chi connectivity index (χ4v) is 4.28. The van der Waals surface area contributed by atoms with Gasteiger partial charge in [0.25, 0.3) is 10.0 Å². The summed E-state index contributed by atoms with van der Waals surface area (Å²) in [7, 11) is -4.04. The van der Waals surface area contributed by atoms with Crippen LogP contribution in [0.25, 0.3) is 0 Å². The number of nitrogens with zero attached hydrogens (tertiary/aromatic N) is 2. The number of sulfonamides is 1. The van der Waals surface area contributed by atoms with Gasteiger partial charge < -0.3 is 0 Å². The quantitative estimate of drug-likeness (QED) is 0.677. The van der Waals surface area contributed by atoms with Gasteiger partial charge in [-0.05, 0) is 60.5 Å². The van der Waals surface area contributed by atoms with Crippen LogP contribution in [0, 0.1) is 18.6 Å². The first-order valence-electron chi connectivity index (χ1n) is 7.81. The Labute approximate surface area is 150 Å². The van der Waals surface area contributed by atoms with E-state index in [2.05, 4.69) is 4.98 Å². The van der Waals surface area contributed by atoms with E-state index >= 15 is 0 Å². The summed E-state index contributed by atoms with van der Waals surface area (Å²) in [4.78, 5) is 3.95. The summed E-state index contributed by atoms with van der Waals surface area (Å²) >= 11 is 0. The summed E-state index contributed by atoms with van der Waals surface area (Å²) in [5.41, 5.74) is 1.09. The third-order valence-corrected chi connectivity index (χ3v) is 5.78. The summed E-state index contributed by atoms with van der Waals surface area (Å²) < 4.78 is 54.7. The minimum atomic E-state index is -4.04. The maximum Gasteiger partial charge on any atom is 0.264 e. The molecule has 0 aliphatic rings. The van der Waals surface area contributed by atoms with E-state index in [1.807, 2.05) is 0 Å². The maximum atomic E-state index is 13.7. The fraction of sp³-hybridized carbons (Fsp3) is 0.105. The Balaban J connectivity index is 2.12. The molecule has 0 fully saturated rings. The Morgan fingerprint density at radius 2 is 1.77 bits per heavy atom. The molecule has 0 spiro atoms. The highest BCUT2D eigenvalue weighted by Gasteiger charge is 2.27. The van der Waals surface area contributed by atoms with Crippen LogP contribution in [0.2, 0.25) is 0 Å². The van der Waals surface area contributed by atoms with Crippen LogP contribution in [-0.4, -0.2) is 13.4 Å². The van der Waals surface area contributed by atoms with Crippen molar-refractivity contribution in [2.24, 2.45) is 0 Å². The lowest BCUT2D eigenvalue weighted by Gasteiger charge is -2.25. The number of benzene rings is 2. The first-order chi connectivity index (χ1) is 12.4. The molecule has 2 aromatic carbocycles. The molecule has 7 heteroatoms. The number of hydrogen-bond donors (Lipinski definition) is 0. The Morgan fingerprint density at radius 3 is 2.42 bits per heavy atom. The fourth-order valence-electron chi connectivity index (χ4n) is 2.62. The molecule has 0 aliphatic carbocycles. The predicted octanol–water partition coefficient (Wildman–Crippen LogP) is 4.06. The third kappa shape index (κ3) is 3.72. The second-order valence-electron chi connectivity index (χ2n) is 5.76. The van der Waals surface area contributed by atoms with E-state index in [-0.39, 0.29) is 22.7 Å². The highest BCUT2D eigenvalue weighted by molar-refractivity contribution is 7.92. The van der Waals surface area contributed by atoms with Crippen LogP contribution in [-0.2, 0) is 16.6 Å². The number of halogens is 2. The third-order valence-electron chi connectivity index (χ3n) is 3.85. The van der Waals surface area contributed by atoms with Gasteiger partial charge in [0.05, 0.1) is 17.1 Å². The van der Waals surface area contributed by atoms with Gasteiger partial charge >= 0.3 is 0 Å². The van der Waals surface area contributed by atoms with Gasteiger partial charge in [0.15, 0.2) is 0 Å². The molecule has 0 amide bonds. The van der Waals surface area contributed by atoms with Crippen molar-refractivity contribution in [2.45, 2.75) is 18.4 Å². The molecule has 0 atom stereocenters. The van der Waals surface area contributed by atoms with Crippen molar-refractivity contribution in [3.05, 3.63) is 89.8 Å². The SMILES string of the molecule is Cc1cc(F)ccc1S(=O)(=O)N(Cc1cccnc1)c1cccc(F)c1. The van der Waals surface area contributed by atoms with Gasteiger partial charge in [0, 0.05) is 12.4 Å². The highest BCUT2D eigenvalue weighted by atomic mass is 32.2. The molecule has 134 valence electrons. The molecule has 1 aromatic heterocycles. The van der Waals surface area contributed by atoms with Crippen LogP contribution in [0.5, 0.6) is 0 Å². The number of pyridine rings is 1. The van der Waals surface area contributed by atoms with Crippen molar-refractivity contribution in [3.63, 3.8) is 0 Å². The average molecular weight is 374 g/mol. The molecule has 0 N–H and O–H groups in total. The lowest BCUT2D eigenvalue weighted by molar-refractivity contribution is 0.587. The van der Waals surface area contributed by atoms with Crippen LogP contribution >= 0.6 is 0 Å². The number of rotatable bonds is 5. The van der Waals surface area contributed by atoms with E-state index in [0.717, 1.165) is 22.5 Å². The topological polar surface area (TPSA) is 50.3 Å². The molecule has 0 bridgehead atoms. The lowest BCUT2D eigenvalue weighted by atomic mass is 10.2. The van der Waals surface area contributed by atoms with Crippen LogP contribution in [0.15, 0.2) is 71.9 Å². The molecule has 1 heterocycles. The van der Waals surface area contributed by atoms with Crippen LogP contribution in [0.1, 0.15) is 11.1 Å². The van der Waals surface area contributed by atoms with Crippen LogP contribution in [0.3, 0.4) is 0 Å². The summed E-state index contributed by atoms with van der Waals surface area (Å²) in [6.45, 7) is 1.49. The van der Waals surface area contributed by atoms with Crippen LogP contribution in [0.4, 0.5) is 14.5 Å². The number of aryl methyl sites for hydroxylation is 1. The van der Waals surface area contributed by atoms with Crippen molar-refractivity contribution in [1.29, 1.82) is 0 Å². The standard InChI is InChI=1S/C19H16F2N2O2S/c1-14-10-17(21)7-8-19(14)26(24,25)23(13-15-4-3-9-22-12-15)18-6-2-5-16(20)11-18/h2-12H,13H2,1H3. The first-order valence-corrected chi connectivity index (χ1v) is 9.25. The zero-order valence-electron chi connectivity index (χ0n) is 13.9. The minimum Gasteiger partial charge on any atom is -0.264 e. The summed E-state index contributed by atoms with van der Waals surface area (Å²) in [5, 5.41) is 0. The largest absolute Gasteiger partial charge is 0.264 e. The second kappa shape index (κ2) is 7.21. The van der Waals surface area contributed by atoms with Crippen molar-refractivity contribution in [2.75, 3.05) is 4.31 Å². The molecule has 0 aliphatic heterocycles. The Bertz CT molecular complexity index is 1020. The number of anilines is 1. The molecule has 26 heavy (non-hydrogen) atoms. The monoisotopic (exact) mass is 374 g/mol. The van der Waals surface area contributed by atoms with E-state index in [4.69, 9.17) is 0 Å². The molecule has 3 aromatic rings. The van der Waals surface area contributed by atoms with E-state index < -0.39 is 21.7 Å². The molecular weight excluding hydrogens is 358 g/mol. The lowest BCUT2D eigenvalue weighted by Crippen LogP contribution is -2.31. The van der Waals surface area contributed by atoms with E-state index in [1.165, 1.54) is 31.2 Å². The predicted molar refractivity (Wildman–Crippen MR) is 95.1 cm³/mol. The molecule has 4 nitrogen and oxygen atoms in total. The minimum absolute atomic E-state index is 0.0313. The number of aromatic nitrogens is 1. The normalized spacial score (nSPS) is 11.3. The van der Waals surface area contributed by atoms with Crippen molar-refractivity contribution in [1.82, 2.24) is 4.98 Å². The van der Waals surface area contributed by atoms with Gasteiger partial charge in [-0.1, -0.05) is 12.1 Å². The molecule has 3 rings (SSSR count). The van der Waals surface area contributed by atoms with E-state index in [0.29, 0.717) is 5.56 Å². The zero-order valence-corrected chi connectivity index (χ0v) is 14.7. The highest BCUT2D eigenvalue weighted by Crippen LogP contribution is 2.28. The molecule has 0 radical (unpaired) electrons. The van der Waals surface area contributed by atoms with Gasteiger partial charge in [-0.25, -0.2) is 17.2 Å². The molecule has 0 unspecified atom stereocenters. The molecular formula is C19H16F2N2O2S. The molecule has 0 saturated heterocycles. The summed E-state index contributed by atoms with van der Waals surface area (Å²) in [6, 6.07) is 12.2. The number of hydrogen-bond acceptors (Lipinski definition) is 3. The van der Waals surface area contributed by atoms with Gasteiger partial charge in [0.1, 0.15) is 11.6 Å². The van der Waals surface area contributed by atoms with Gasteiger partial charge in [-0.3, -0.25) is 9.29 Å². The average Bonchev–Trinajstić information content (AvgIpc) is 2.60. The van der Waals surface area contributed by atoms with Gasteiger partial charge in [0.2, 0.25) is 0 Å². The van der Waals surface area contributed by atoms with E-state index in [9.17, 15) is 17.2 Å². The molecule has 0 saturated carbocycles. The second-order valence-corrected chi connectivity index (χ2v) is 7.59. The summed E-state index contributed by atoms with van der Waals surface area (Å²) in [6.07, 6.45) is 3.12. The van der Waals surface area contributed by atoms with E-state index in [1.54, 1.807) is 24.5 Å². The smallest absolute Gasteiger partial charge is 0.264 e. The van der Waals surface area contributed by atoms with Gasteiger partial charge in [-0.2, -0.15) is 0 Å².